The maximum Gasteiger partial charge on any atom is 1.00 e. The Morgan fingerprint density at radius 3 is 1.13 bits per heavy atom. The molecule has 0 amide bonds. The van der Waals surface area contributed by atoms with E-state index >= 15 is 0 Å². The Balaban J connectivity index is 0.00000402. The predicted octanol–water partition coefficient (Wildman–Crippen LogP) is 2.84. The molecule has 0 spiro atoms. The van der Waals surface area contributed by atoms with Crippen LogP contribution in [0, 0.1) is 25.7 Å². The van der Waals surface area contributed by atoms with Gasteiger partial charge in [0.1, 0.15) is 43.2 Å². The molecule has 350 valence electrons. The number of aliphatic hydroxyl groups excluding tert-OH is 2. The molecular weight excluding hydrogens is 963 g/mol. The zero-order chi connectivity index (χ0) is 49.6. The van der Waals surface area contributed by atoms with Gasteiger partial charge in [-0.2, -0.15) is 0 Å². The maximum atomic E-state index is 14.2. The van der Waals surface area contributed by atoms with E-state index in [1.165, 1.54) is 48.5 Å². The topological polar surface area (TPSA) is 294 Å². The van der Waals surface area contributed by atoms with Gasteiger partial charge >= 0.3 is 59.1 Å². The van der Waals surface area contributed by atoms with Crippen molar-refractivity contribution in [3.8, 4) is 34.1 Å². The molecule has 0 unspecified atom stereocenters. The predicted molar refractivity (Wildman–Crippen MR) is 254 cm³/mol. The first-order chi connectivity index (χ1) is 31.9. The summed E-state index contributed by atoms with van der Waals surface area (Å²) < 4.78 is 72.9. The first kappa shape index (κ1) is 53.7. The normalized spacial score (nSPS) is 15.2. The Morgan fingerprint density at radius 1 is 0.514 bits per heavy atom. The number of fused-ring (bicyclic) bond motifs is 4. The summed E-state index contributed by atoms with van der Waals surface area (Å²) in [5.41, 5.74) is 0.383. The van der Waals surface area contributed by atoms with E-state index < -0.39 is 87.9 Å². The van der Waals surface area contributed by atoms with Crippen LogP contribution in [0.25, 0.3) is 55.0 Å². The van der Waals surface area contributed by atoms with Gasteiger partial charge in [0.15, 0.2) is 11.5 Å². The second-order valence-corrected chi connectivity index (χ2v) is 19.8. The second kappa shape index (κ2) is 19.5. The molecule has 0 atom stereocenters. The number of carbonyl (C=O) groups is 2. The van der Waals surface area contributed by atoms with Crippen LogP contribution in [0.1, 0.15) is 61.1 Å². The van der Waals surface area contributed by atoms with Crippen LogP contribution in [0.3, 0.4) is 0 Å². The summed E-state index contributed by atoms with van der Waals surface area (Å²) in [6, 6.07) is 16.3. The molecule has 16 nitrogen and oxygen atoms in total. The van der Waals surface area contributed by atoms with Gasteiger partial charge in [-0.3, -0.25) is 9.59 Å². The van der Waals surface area contributed by atoms with Crippen LogP contribution >= 0.6 is 0 Å². The number of nitrogens with one attached hydrogen (secondary N) is 2. The largest absolute Gasteiger partial charge is 1.00 e. The van der Waals surface area contributed by atoms with Crippen LogP contribution in [-0.2, 0) is 29.8 Å². The number of phenols is 4. The first-order valence-corrected chi connectivity index (χ1v) is 23.7. The smallest absolute Gasteiger partial charge is 0.744 e. The summed E-state index contributed by atoms with van der Waals surface area (Å²) >= 11 is 0. The van der Waals surface area contributed by atoms with Crippen molar-refractivity contribution >= 4 is 87.0 Å². The van der Waals surface area contributed by atoms with E-state index in [0.717, 1.165) is 24.5 Å². The van der Waals surface area contributed by atoms with Crippen LogP contribution in [0.2, 0.25) is 0 Å². The van der Waals surface area contributed by atoms with E-state index in [-0.39, 0.29) is 148 Å². The molecule has 0 radical (unpaired) electrons. The SMILES string of the molecule is Cc1cc2c(c(O)c1-c1c(C)cc3c(c1O)C(=CNc1c(O)cc(S(=O)(=O)[O-])c4ccccc14)C(=O)C(O)=C3C(C)C)C(=CNc1c(O)cc(S(=O)(=O)[O-])c3ccccc13)C(=O)C(O)=C2C(C)C.[Na+].[Na+]. The van der Waals surface area contributed by atoms with Gasteiger partial charge < -0.3 is 50.4 Å². The molecule has 0 aromatic heterocycles. The first-order valence-electron chi connectivity index (χ1n) is 20.9. The molecule has 0 fully saturated rings. The minimum absolute atomic E-state index is 0. The van der Waals surface area contributed by atoms with Gasteiger partial charge in [-0.25, -0.2) is 16.8 Å². The fourth-order valence-corrected chi connectivity index (χ4v) is 10.7. The number of hydrogen-bond acceptors (Lipinski definition) is 16. The number of aryl methyl sites for hydroxylation is 2. The number of allylic oxidation sites excluding steroid dienone is 4. The van der Waals surface area contributed by atoms with Crippen LogP contribution in [0.5, 0.6) is 23.0 Å². The summed E-state index contributed by atoms with van der Waals surface area (Å²) in [5.74, 6) is -6.59. The number of aromatic hydroxyl groups is 4. The van der Waals surface area contributed by atoms with E-state index in [4.69, 9.17) is 0 Å². The molecule has 0 saturated carbocycles. The number of hydrogen-bond donors (Lipinski definition) is 8. The van der Waals surface area contributed by atoms with Gasteiger partial charge in [-0.15, -0.1) is 0 Å². The zero-order valence-electron chi connectivity index (χ0n) is 39.0. The molecule has 8 N–H and O–H groups in total. The third-order valence-electron chi connectivity index (χ3n) is 12.2. The number of rotatable bonds is 9. The summed E-state index contributed by atoms with van der Waals surface area (Å²) in [6.07, 6.45) is 2.21. The number of Topliss-reactive ketones (excluding diaryl/α,β-unsaturated/α-hetero) is 2. The number of anilines is 2. The molecule has 6 aromatic carbocycles. The van der Waals surface area contributed by atoms with Gasteiger partial charge in [-0.05, 0) is 47.9 Å². The summed E-state index contributed by atoms with van der Waals surface area (Å²) in [5, 5.41) is 75.9. The third kappa shape index (κ3) is 8.91. The van der Waals surface area contributed by atoms with Crippen molar-refractivity contribution in [3.05, 3.63) is 130 Å². The third-order valence-corrected chi connectivity index (χ3v) is 13.9. The molecule has 0 heterocycles. The molecule has 0 saturated heterocycles. The average molecular weight is 1010 g/mol. The number of benzene rings is 6. The Kier molecular flexibility index (Phi) is 15.0. The summed E-state index contributed by atoms with van der Waals surface area (Å²) in [4.78, 5) is 27.1. The molecule has 0 aliphatic heterocycles. The Hall–Kier alpha value is -5.64. The number of phenolic OH excluding ortho intramolecular Hbond substituents is 4. The van der Waals surface area contributed by atoms with Crippen molar-refractivity contribution in [1.82, 2.24) is 0 Å². The minimum atomic E-state index is -5.06. The molecule has 0 bridgehead atoms. The van der Waals surface area contributed by atoms with Crippen molar-refractivity contribution < 1.29 is 125 Å². The van der Waals surface area contributed by atoms with E-state index in [2.05, 4.69) is 10.6 Å². The summed E-state index contributed by atoms with van der Waals surface area (Å²) in [7, 11) is -10.1. The van der Waals surface area contributed by atoms with E-state index in [9.17, 15) is 66.2 Å². The fourth-order valence-electron chi connectivity index (χ4n) is 9.29. The standard InChI is InChI=1S/C50H44N2O14S2.2Na/c1-21(2)37-29-15-23(5)39(47(57)41(29)31(45(55)49(37)59)19-51-43-27-13-9-7-11-25(27)35(17-33(43)53)67(61,62)63)40-24(6)16-30-38(22(3)4)50(60)46(56)32(42(30)48(40)58)20-52-44-28-14-10-8-12-26(28)36(18-34(44)54)68(64,65)66;;/h7-22,51-54,57-60H,1-6H3,(H,61,62,63)(H,64,65,66);;/q;2*+1/p-2. The second-order valence-electron chi connectivity index (χ2n) is 17.1. The van der Waals surface area contributed by atoms with Gasteiger partial charge in [0.25, 0.3) is 0 Å². The Labute approximate surface area is 446 Å². The Bertz CT molecular complexity index is 3410. The average Bonchev–Trinajstić information content (AvgIpc) is 3.25. The summed E-state index contributed by atoms with van der Waals surface area (Å²) in [6.45, 7) is 10.1. The Morgan fingerprint density at radius 2 is 0.829 bits per heavy atom. The van der Waals surface area contributed by atoms with Crippen LogP contribution in [0.4, 0.5) is 11.4 Å². The zero-order valence-corrected chi connectivity index (χ0v) is 44.6. The minimum Gasteiger partial charge on any atom is -0.744 e. The van der Waals surface area contributed by atoms with Crippen molar-refractivity contribution in [1.29, 1.82) is 0 Å². The number of ketones is 2. The molecule has 6 aromatic rings. The van der Waals surface area contributed by atoms with Crippen molar-refractivity contribution in [3.63, 3.8) is 0 Å². The van der Waals surface area contributed by atoms with E-state index in [1.807, 2.05) is 0 Å². The quantitative estimate of drug-likeness (QED) is 0.0447. The van der Waals surface area contributed by atoms with E-state index in [1.54, 1.807) is 53.7 Å². The van der Waals surface area contributed by atoms with Crippen molar-refractivity contribution in [2.24, 2.45) is 11.8 Å². The monoisotopic (exact) mass is 1000 g/mol. The number of carbonyl (C=O) groups excluding carboxylic acids is 2. The molecule has 2 aliphatic carbocycles. The molecule has 8 rings (SSSR count). The number of aliphatic hydroxyl groups is 2. The van der Waals surface area contributed by atoms with Gasteiger partial charge in [0.05, 0.1) is 32.3 Å². The molecule has 70 heavy (non-hydrogen) atoms. The maximum absolute atomic E-state index is 14.2. The molecule has 2 aliphatic rings. The van der Waals surface area contributed by atoms with Gasteiger partial charge in [-0.1, -0.05) is 88.4 Å². The van der Waals surface area contributed by atoms with Crippen molar-refractivity contribution in [2.75, 3.05) is 10.6 Å². The van der Waals surface area contributed by atoms with Crippen LogP contribution in [-0.4, -0.2) is 68.1 Å². The fraction of sp³-hybridized carbons (Fsp3) is 0.160. The van der Waals surface area contributed by atoms with Gasteiger partial charge in [0, 0.05) is 79.5 Å². The van der Waals surface area contributed by atoms with E-state index in [0.29, 0.717) is 11.1 Å². The molecular formula is C50H42N2Na2O14S2. The van der Waals surface area contributed by atoms with Gasteiger partial charge in [0.2, 0.25) is 11.6 Å². The van der Waals surface area contributed by atoms with Crippen molar-refractivity contribution in [2.45, 2.75) is 51.3 Å². The molecule has 20 heteroatoms. The van der Waals surface area contributed by atoms with Crippen LogP contribution < -0.4 is 69.7 Å². The van der Waals surface area contributed by atoms with Crippen LogP contribution in [0.15, 0.2) is 107 Å².